The lowest BCUT2D eigenvalue weighted by atomic mass is 10.1. The summed E-state index contributed by atoms with van der Waals surface area (Å²) in [5, 5.41) is 0. The molecule has 0 aliphatic carbocycles. The Labute approximate surface area is 92.7 Å². The summed E-state index contributed by atoms with van der Waals surface area (Å²) in [6.45, 7) is 0. The van der Waals surface area contributed by atoms with Gasteiger partial charge in [0.1, 0.15) is 0 Å². The summed E-state index contributed by atoms with van der Waals surface area (Å²) in [6.07, 6.45) is 1.49. The van der Waals surface area contributed by atoms with Crippen LogP contribution in [0.2, 0.25) is 0 Å². The van der Waals surface area contributed by atoms with Crippen LogP contribution in [-0.4, -0.2) is 12.1 Å². The molecule has 0 aliphatic rings. The molecule has 0 saturated carbocycles. The highest BCUT2D eigenvalue weighted by atomic mass is 19.1. The number of aromatic nitrogens is 1. The molecular formula is C12H11FN2O. The molecule has 0 aliphatic heterocycles. The minimum absolute atomic E-state index is 0.205. The van der Waals surface area contributed by atoms with Crippen LogP contribution in [0.3, 0.4) is 0 Å². The van der Waals surface area contributed by atoms with Crippen LogP contribution >= 0.6 is 0 Å². The first-order valence-corrected chi connectivity index (χ1v) is 4.77. The Morgan fingerprint density at radius 3 is 2.69 bits per heavy atom. The molecule has 82 valence electrons. The van der Waals surface area contributed by atoms with Gasteiger partial charge in [-0.15, -0.1) is 0 Å². The SMILES string of the molecule is COc1cccc(-c2ccc(N)cn2)c1F. The normalized spacial score (nSPS) is 10.1. The summed E-state index contributed by atoms with van der Waals surface area (Å²) in [7, 11) is 1.43. The highest BCUT2D eigenvalue weighted by Crippen LogP contribution is 2.27. The molecule has 0 unspecified atom stereocenters. The zero-order valence-corrected chi connectivity index (χ0v) is 8.77. The monoisotopic (exact) mass is 218 g/mol. The van der Waals surface area contributed by atoms with Crippen molar-refractivity contribution >= 4 is 5.69 Å². The molecule has 0 spiro atoms. The summed E-state index contributed by atoms with van der Waals surface area (Å²) < 4.78 is 18.8. The molecule has 1 aromatic heterocycles. The Hall–Kier alpha value is -2.10. The van der Waals surface area contributed by atoms with Crippen LogP contribution in [0.15, 0.2) is 36.5 Å². The number of rotatable bonds is 2. The van der Waals surface area contributed by atoms with Gasteiger partial charge in [0.2, 0.25) is 0 Å². The van der Waals surface area contributed by atoms with E-state index in [4.69, 9.17) is 10.5 Å². The second-order valence-corrected chi connectivity index (χ2v) is 3.30. The minimum Gasteiger partial charge on any atom is -0.494 e. The molecule has 0 radical (unpaired) electrons. The van der Waals surface area contributed by atoms with Crippen LogP contribution < -0.4 is 10.5 Å². The highest BCUT2D eigenvalue weighted by molar-refractivity contribution is 5.63. The summed E-state index contributed by atoms with van der Waals surface area (Å²) in [6, 6.07) is 8.29. The Morgan fingerprint density at radius 1 is 1.25 bits per heavy atom. The van der Waals surface area contributed by atoms with Gasteiger partial charge in [0.15, 0.2) is 11.6 Å². The number of anilines is 1. The number of hydrogen-bond donors (Lipinski definition) is 1. The van der Waals surface area contributed by atoms with Gasteiger partial charge in [0.05, 0.1) is 24.7 Å². The van der Waals surface area contributed by atoms with Crippen molar-refractivity contribution in [1.82, 2.24) is 4.98 Å². The van der Waals surface area contributed by atoms with Gasteiger partial charge in [0.25, 0.3) is 0 Å². The molecule has 1 aromatic carbocycles. The van der Waals surface area contributed by atoms with Gasteiger partial charge in [-0.25, -0.2) is 4.39 Å². The molecule has 2 aromatic rings. The number of pyridine rings is 1. The van der Waals surface area contributed by atoms with E-state index in [2.05, 4.69) is 4.98 Å². The zero-order chi connectivity index (χ0) is 11.5. The van der Waals surface area contributed by atoms with E-state index in [0.29, 0.717) is 16.9 Å². The Morgan fingerprint density at radius 2 is 2.06 bits per heavy atom. The fourth-order valence-electron chi connectivity index (χ4n) is 1.43. The van der Waals surface area contributed by atoms with Crippen molar-refractivity contribution in [2.24, 2.45) is 0 Å². The Kier molecular flexibility index (Phi) is 2.72. The smallest absolute Gasteiger partial charge is 0.174 e. The molecule has 0 bridgehead atoms. The molecule has 2 rings (SSSR count). The van der Waals surface area contributed by atoms with Crippen LogP contribution in [0.4, 0.5) is 10.1 Å². The third-order valence-corrected chi connectivity index (χ3v) is 2.25. The van der Waals surface area contributed by atoms with E-state index < -0.39 is 5.82 Å². The number of nitrogens with two attached hydrogens (primary N) is 1. The minimum atomic E-state index is -0.415. The van der Waals surface area contributed by atoms with Gasteiger partial charge in [-0.3, -0.25) is 4.98 Å². The Bertz CT molecular complexity index is 497. The topological polar surface area (TPSA) is 48.1 Å². The fraction of sp³-hybridized carbons (Fsp3) is 0.0833. The van der Waals surface area contributed by atoms with E-state index in [1.165, 1.54) is 13.3 Å². The van der Waals surface area contributed by atoms with E-state index in [0.717, 1.165) is 0 Å². The van der Waals surface area contributed by atoms with Crippen molar-refractivity contribution in [3.8, 4) is 17.0 Å². The van der Waals surface area contributed by atoms with Crippen molar-refractivity contribution < 1.29 is 9.13 Å². The van der Waals surface area contributed by atoms with Gasteiger partial charge in [-0.1, -0.05) is 6.07 Å². The average Bonchev–Trinajstić information content (AvgIpc) is 2.31. The fourth-order valence-corrected chi connectivity index (χ4v) is 1.43. The predicted octanol–water partition coefficient (Wildman–Crippen LogP) is 2.48. The molecule has 16 heavy (non-hydrogen) atoms. The molecule has 2 N–H and O–H groups in total. The maximum Gasteiger partial charge on any atom is 0.174 e. The van der Waals surface area contributed by atoms with Crippen LogP contribution in [0.5, 0.6) is 5.75 Å². The van der Waals surface area contributed by atoms with E-state index in [1.54, 1.807) is 30.3 Å². The van der Waals surface area contributed by atoms with Crippen LogP contribution in [-0.2, 0) is 0 Å². The number of nitrogen functional groups attached to an aromatic ring is 1. The highest BCUT2D eigenvalue weighted by Gasteiger charge is 2.10. The molecular weight excluding hydrogens is 207 g/mol. The molecule has 1 heterocycles. The van der Waals surface area contributed by atoms with E-state index >= 15 is 0 Å². The maximum atomic E-state index is 13.9. The molecule has 0 fully saturated rings. The van der Waals surface area contributed by atoms with Crippen LogP contribution in [0.25, 0.3) is 11.3 Å². The van der Waals surface area contributed by atoms with E-state index in [-0.39, 0.29) is 5.75 Å². The van der Waals surface area contributed by atoms with E-state index in [1.807, 2.05) is 0 Å². The third kappa shape index (κ3) is 1.82. The molecule has 0 saturated heterocycles. The number of ether oxygens (including phenoxy) is 1. The maximum absolute atomic E-state index is 13.9. The van der Waals surface area contributed by atoms with Crippen molar-refractivity contribution in [2.75, 3.05) is 12.8 Å². The van der Waals surface area contributed by atoms with Crippen LogP contribution in [0.1, 0.15) is 0 Å². The molecule has 0 atom stereocenters. The first-order chi connectivity index (χ1) is 7.72. The molecule has 3 nitrogen and oxygen atoms in total. The number of nitrogens with zero attached hydrogens (tertiary/aromatic N) is 1. The largest absolute Gasteiger partial charge is 0.494 e. The lowest BCUT2D eigenvalue weighted by Crippen LogP contribution is -1.93. The first kappa shape index (κ1) is 10.4. The summed E-state index contributed by atoms with van der Waals surface area (Å²) >= 11 is 0. The van der Waals surface area contributed by atoms with Crippen LogP contribution in [0, 0.1) is 5.82 Å². The van der Waals surface area contributed by atoms with Gasteiger partial charge >= 0.3 is 0 Å². The summed E-state index contributed by atoms with van der Waals surface area (Å²) in [5.74, 6) is -0.210. The van der Waals surface area contributed by atoms with E-state index in [9.17, 15) is 4.39 Å². The standard InChI is InChI=1S/C12H11FN2O/c1-16-11-4-2-3-9(12(11)13)10-6-5-8(14)7-15-10/h2-7H,14H2,1H3. The number of methoxy groups -OCH3 is 1. The van der Waals surface area contributed by atoms with Crippen molar-refractivity contribution in [1.29, 1.82) is 0 Å². The lowest BCUT2D eigenvalue weighted by Gasteiger charge is -2.06. The van der Waals surface area contributed by atoms with Gasteiger partial charge < -0.3 is 10.5 Å². The second-order valence-electron chi connectivity index (χ2n) is 3.30. The zero-order valence-electron chi connectivity index (χ0n) is 8.77. The lowest BCUT2D eigenvalue weighted by molar-refractivity contribution is 0.387. The quantitative estimate of drug-likeness (QED) is 0.842. The summed E-state index contributed by atoms with van der Waals surface area (Å²) in [5.41, 5.74) is 7.00. The van der Waals surface area contributed by atoms with Gasteiger partial charge in [-0.05, 0) is 24.3 Å². The van der Waals surface area contributed by atoms with Crippen molar-refractivity contribution in [3.63, 3.8) is 0 Å². The van der Waals surface area contributed by atoms with Gasteiger partial charge in [0, 0.05) is 5.56 Å². The third-order valence-electron chi connectivity index (χ3n) is 2.25. The molecule has 4 heteroatoms. The number of hydrogen-bond acceptors (Lipinski definition) is 3. The van der Waals surface area contributed by atoms with Crippen molar-refractivity contribution in [2.45, 2.75) is 0 Å². The number of halogens is 1. The Balaban J connectivity index is 2.51. The van der Waals surface area contributed by atoms with Gasteiger partial charge in [-0.2, -0.15) is 0 Å². The molecule has 0 amide bonds. The average molecular weight is 218 g/mol. The number of benzene rings is 1. The first-order valence-electron chi connectivity index (χ1n) is 4.77. The van der Waals surface area contributed by atoms with Crippen molar-refractivity contribution in [3.05, 3.63) is 42.3 Å². The predicted molar refractivity (Wildman–Crippen MR) is 60.6 cm³/mol. The summed E-state index contributed by atoms with van der Waals surface area (Å²) in [4.78, 5) is 4.06. The second kappa shape index (κ2) is 4.18.